The first kappa shape index (κ1) is 19.4. The fourth-order valence-electron chi connectivity index (χ4n) is 3.16. The Hall–Kier alpha value is -2.41. The number of thiophene rings is 1. The zero-order valence-electron chi connectivity index (χ0n) is 15.3. The highest BCUT2D eigenvalue weighted by Crippen LogP contribution is 2.38. The second-order valence-electron chi connectivity index (χ2n) is 6.36. The van der Waals surface area contributed by atoms with Crippen molar-refractivity contribution in [3.05, 3.63) is 46.1 Å². The average molecular weight is 391 g/mol. The molecule has 0 spiro atoms. The Morgan fingerprint density at radius 2 is 1.93 bits per heavy atom. The van der Waals surface area contributed by atoms with E-state index < -0.39 is 12.1 Å². The smallest absolute Gasteiger partial charge is 0.341 e. The maximum atomic E-state index is 13.0. The molecule has 0 saturated heterocycles. The molecule has 1 amide bonds. The summed E-state index contributed by atoms with van der Waals surface area (Å²) in [5, 5.41) is 3.36. The SMILES string of the molecule is CCC(Oc1ccc(F)cc1)C(=O)Nc1sc2c(c1C(=O)OC)CCCC2. The molecule has 2 aromatic rings. The van der Waals surface area contributed by atoms with Gasteiger partial charge in [-0.05, 0) is 61.9 Å². The normalized spacial score (nSPS) is 14.2. The number of anilines is 1. The van der Waals surface area contributed by atoms with Crippen LogP contribution in [0, 0.1) is 5.82 Å². The predicted molar refractivity (Wildman–Crippen MR) is 102 cm³/mol. The maximum Gasteiger partial charge on any atom is 0.341 e. The van der Waals surface area contributed by atoms with Crippen molar-refractivity contribution in [2.75, 3.05) is 12.4 Å². The molecule has 1 N–H and O–H groups in total. The number of fused-ring (bicyclic) bond motifs is 1. The van der Waals surface area contributed by atoms with Crippen LogP contribution in [0.25, 0.3) is 0 Å². The topological polar surface area (TPSA) is 64.6 Å². The Balaban J connectivity index is 1.80. The van der Waals surface area contributed by atoms with Crippen molar-refractivity contribution in [2.45, 2.75) is 45.1 Å². The van der Waals surface area contributed by atoms with Crippen molar-refractivity contribution in [3.63, 3.8) is 0 Å². The van der Waals surface area contributed by atoms with Crippen LogP contribution in [0.1, 0.15) is 47.0 Å². The number of benzene rings is 1. The standard InChI is InChI=1S/C20H22FNO4S/c1-3-15(26-13-10-8-12(21)9-11-13)18(23)22-19-17(20(24)25-2)14-6-4-5-7-16(14)27-19/h8-11,15H,3-7H2,1-2H3,(H,22,23). The number of carbonyl (C=O) groups is 2. The molecule has 1 heterocycles. The summed E-state index contributed by atoms with van der Waals surface area (Å²) >= 11 is 1.43. The highest BCUT2D eigenvalue weighted by atomic mass is 32.1. The Kier molecular flexibility index (Phi) is 6.11. The van der Waals surface area contributed by atoms with E-state index in [1.165, 1.54) is 42.7 Å². The van der Waals surface area contributed by atoms with Gasteiger partial charge in [-0.3, -0.25) is 4.79 Å². The van der Waals surface area contributed by atoms with Gasteiger partial charge in [-0.1, -0.05) is 6.92 Å². The number of aryl methyl sites for hydroxylation is 1. The summed E-state index contributed by atoms with van der Waals surface area (Å²) in [7, 11) is 1.34. The van der Waals surface area contributed by atoms with Crippen LogP contribution >= 0.6 is 11.3 Å². The number of hydrogen-bond donors (Lipinski definition) is 1. The molecule has 1 atom stereocenters. The van der Waals surface area contributed by atoms with Gasteiger partial charge < -0.3 is 14.8 Å². The average Bonchev–Trinajstić information content (AvgIpc) is 3.04. The number of ether oxygens (including phenoxy) is 2. The van der Waals surface area contributed by atoms with Gasteiger partial charge in [0.1, 0.15) is 16.6 Å². The van der Waals surface area contributed by atoms with Gasteiger partial charge in [0.05, 0.1) is 12.7 Å². The first-order valence-electron chi connectivity index (χ1n) is 8.99. The Labute approximate surface area is 161 Å². The molecule has 7 heteroatoms. The molecule has 1 unspecified atom stereocenters. The number of halogens is 1. The van der Waals surface area contributed by atoms with E-state index in [0.29, 0.717) is 22.7 Å². The first-order valence-corrected chi connectivity index (χ1v) is 9.81. The summed E-state index contributed by atoms with van der Waals surface area (Å²) in [6, 6.07) is 5.52. The lowest BCUT2D eigenvalue weighted by Crippen LogP contribution is -2.32. The highest BCUT2D eigenvalue weighted by molar-refractivity contribution is 7.17. The van der Waals surface area contributed by atoms with Gasteiger partial charge in [0, 0.05) is 4.88 Å². The zero-order chi connectivity index (χ0) is 19.4. The minimum Gasteiger partial charge on any atom is -0.481 e. The van der Waals surface area contributed by atoms with Crippen molar-refractivity contribution in [1.82, 2.24) is 0 Å². The third kappa shape index (κ3) is 4.30. The quantitative estimate of drug-likeness (QED) is 0.744. The number of hydrogen-bond acceptors (Lipinski definition) is 5. The molecular formula is C20H22FNO4S. The lowest BCUT2D eigenvalue weighted by Gasteiger charge is -2.17. The van der Waals surface area contributed by atoms with Gasteiger partial charge in [0.25, 0.3) is 5.91 Å². The van der Waals surface area contributed by atoms with Crippen LogP contribution in [0.4, 0.5) is 9.39 Å². The highest BCUT2D eigenvalue weighted by Gasteiger charge is 2.28. The molecule has 0 radical (unpaired) electrons. The van der Waals surface area contributed by atoms with E-state index in [1.54, 1.807) is 0 Å². The van der Waals surface area contributed by atoms with Crippen LogP contribution in [0.15, 0.2) is 24.3 Å². The molecule has 144 valence electrons. The molecule has 3 rings (SSSR count). The van der Waals surface area contributed by atoms with Crippen LogP contribution in [0.5, 0.6) is 5.75 Å². The number of carbonyl (C=O) groups excluding carboxylic acids is 2. The predicted octanol–water partition coefficient (Wildman–Crippen LogP) is 4.35. The molecule has 27 heavy (non-hydrogen) atoms. The van der Waals surface area contributed by atoms with Gasteiger partial charge in [0.2, 0.25) is 0 Å². The van der Waals surface area contributed by atoms with E-state index in [-0.39, 0.29) is 11.7 Å². The summed E-state index contributed by atoms with van der Waals surface area (Å²) in [5.74, 6) is -0.730. The van der Waals surface area contributed by atoms with Crippen LogP contribution in [-0.2, 0) is 22.4 Å². The van der Waals surface area contributed by atoms with Crippen LogP contribution in [0.2, 0.25) is 0 Å². The lowest BCUT2D eigenvalue weighted by atomic mass is 9.95. The molecule has 0 aliphatic heterocycles. The Bertz CT molecular complexity index is 831. The first-order chi connectivity index (χ1) is 13.0. The second-order valence-corrected chi connectivity index (χ2v) is 7.47. The molecule has 0 fully saturated rings. The van der Waals surface area contributed by atoms with E-state index >= 15 is 0 Å². The van der Waals surface area contributed by atoms with E-state index in [9.17, 15) is 14.0 Å². The van der Waals surface area contributed by atoms with E-state index in [1.807, 2.05) is 6.92 Å². The molecule has 0 bridgehead atoms. The van der Waals surface area contributed by atoms with Crippen molar-refractivity contribution >= 4 is 28.2 Å². The summed E-state index contributed by atoms with van der Waals surface area (Å²) in [6.45, 7) is 1.83. The molecule has 5 nitrogen and oxygen atoms in total. The summed E-state index contributed by atoms with van der Waals surface area (Å²) < 4.78 is 23.7. The summed E-state index contributed by atoms with van der Waals surface area (Å²) in [5.41, 5.74) is 1.45. The molecule has 1 aliphatic carbocycles. The maximum absolute atomic E-state index is 13.0. The summed E-state index contributed by atoms with van der Waals surface area (Å²) in [4.78, 5) is 26.1. The van der Waals surface area contributed by atoms with Gasteiger partial charge in [0.15, 0.2) is 6.10 Å². The fraction of sp³-hybridized carbons (Fsp3) is 0.400. The van der Waals surface area contributed by atoms with Gasteiger partial charge >= 0.3 is 5.97 Å². The second kappa shape index (κ2) is 8.52. The van der Waals surface area contributed by atoms with Crippen LogP contribution in [-0.4, -0.2) is 25.1 Å². The van der Waals surface area contributed by atoms with Crippen LogP contribution < -0.4 is 10.1 Å². The van der Waals surface area contributed by atoms with E-state index in [4.69, 9.17) is 9.47 Å². The number of esters is 1. The molecule has 1 aromatic carbocycles. The number of methoxy groups -OCH3 is 1. The monoisotopic (exact) mass is 391 g/mol. The van der Waals surface area contributed by atoms with Crippen molar-refractivity contribution in [2.24, 2.45) is 0 Å². The molecule has 1 aliphatic rings. The number of rotatable bonds is 6. The number of amides is 1. The van der Waals surface area contributed by atoms with E-state index in [2.05, 4.69) is 5.32 Å². The minimum absolute atomic E-state index is 0.342. The van der Waals surface area contributed by atoms with Crippen LogP contribution in [0.3, 0.4) is 0 Å². The van der Waals surface area contributed by atoms with Gasteiger partial charge in [-0.15, -0.1) is 11.3 Å². The molecular weight excluding hydrogens is 369 g/mol. The zero-order valence-corrected chi connectivity index (χ0v) is 16.2. The van der Waals surface area contributed by atoms with Gasteiger partial charge in [-0.25, -0.2) is 9.18 Å². The lowest BCUT2D eigenvalue weighted by molar-refractivity contribution is -0.122. The van der Waals surface area contributed by atoms with Crippen molar-refractivity contribution in [1.29, 1.82) is 0 Å². The fourth-order valence-corrected chi connectivity index (χ4v) is 4.44. The van der Waals surface area contributed by atoms with Gasteiger partial charge in [-0.2, -0.15) is 0 Å². The number of nitrogens with one attached hydrogen (secondary N) is 1. The third-order valence-electron chi connectivity index (χ3n) is 4.55. The van der Waals surface area contributed by atoms with Crippen molar-refractivity contribution < 1.29 is 23.5 Å². The Morgan fingerprint density at radius 1 is 1.22 bits per heavy atom. The third-order valence-corrected chi connectivity index (χ3v) is 5.76. The van der Waals surface area contributed by atoms with E-state index in [0.717, 1.165) is 36.1 Å². The molecule has 0 saturated carbocycles. The molecule has 1 aromatic heterocycles. The Morgan fingerprint density at radius 3 is 2.59 bits per heavy atom. The minimum atomic E-state index is -0.750. The summed E-state index contributed by atoms with van der Waals surface area (Å²) in [6.07, 6.45) is 3.50. The largest absolute Gasteiger partial charge is 0.481 e. The van der Waals surface area contributed by atoms with Crippen molar-refractivity contribution in [3.8, 4) is 5.75 Å².